The fourth-order valence-corrected chi connectivity index (χ4v) is 1.93. The van der Waals surface area contributed by atoms with E-state index >= 15 is 0 Å². The Morgan fingerprint density at radius 3 is 2.10 bits per heavy atom. The molecule has 0 radical (unpaired) electrons. The first kappa shape index (κ1) is 16.5. The average Bonchev–Trinajstić information content (AvgIpc) is 2.53. The van der Waals surface area contributed by atoms with E-state index in [0.29, 0.717) is 17.2 Å². The van der Waals surface area contributed by atoms with Crippen LogP contribution in [0.3, 0.4) is 0 Å². The maximum absolute atomic E-state index is 5.35. The quantitative estimate of drug-likeness (QED) is 0.586. The van der Waals surface area contributed by atoms with Crippen LogP contribution >= 0.6 is 0 Å². The summed E-state index contributed by atoms with van der Waals surface area (Å²) in [7, 11) is 4.74. The van der Waals surface area contributed by atoms with Crippen molar-refractivity contribution in [2.75, 3.05) is 21.3 Å². The van der Waals surface area contributed by atoms with Gasteiger partial charge in [-0.2, -0.15) is 0 Å². The lowest BCUT2D eigenvalue weighted by Gasteiger charge is -2.15. The molecule has 0 bridgehead atoms. The number of allylic oxidation sites excluding steroid dienone is 5. The predicted molar refractivity (Wildman–Crippen MR) is 86.9 cm³/mol. The smallest absolute Gasteiger partial charge is 0.203 e. The third kappa shape index (κ3) is 3.70. The molecule has 21 heavy (non-hydrogen) atoms. The highest BCUT2D eigenvalue weighted by Gasteiger charge is 2.15. The van der Waals surface area contributed by atoms with Crippen molar-refractivity contribution >= 4 is 5.57 Å². The van der Waals surface area contributed by atoms with Crippen molar-refractivity contribution in [1.82, 2.24) is 0 Å². The minimum absolute atomic E-state index is 0.553. The molecule has 3 nitrogen and oxygen atoms in total. The van der Waals surface area contributed by atoms with Crippen LogP contribution in [0.5, 0.6) is 17.2 Å². The molecule has 0 heterocycles. The van der Waals surface area contributed by atoms with E-state index in [2.05, 4.69) is 12.5 Å². The van der Waals surface area contributed by atoms with Crippen molar-refractivity contribution < 1.29 is 14.2 Å². The fourth-order valence-electron chi connectivity index (χ4n) is 1.93. The van der Waals surface area contributed by atoms with E-state index in [1.807, 2.05) is 31.2 Å². The molecule has 0 saturated heterocycles. The van der Waals surface area contributed by atoms with Crippen LogP contribution in [0.4, 0.5) is 0 Å². The van der Waals surface area contributed by atoms with E-state index in [1.54, 1.807) is 27.4 Å². The van der Waals surface area contributed by atoms with Crippen LogP contribution in [0.1, 0.15) is 12.5 Å². The third-order valence-electron chi connectivity index (χ3n) is 3.03. The minimum atomic E-state index is 0.553. The molecular formula is C18H20O3. The van der Waals surface area contributed by atoms with Crippen molar-refractivity contribution in [2.24, 2.45) is 0 Å². The second kappa shape index (κ2) is 7.86. The summed E-state index contributed by atoms with van der Waals surface area (Å²) >= 11 is 0. The summed E-state index contributed by atoms with van der Waals surface area (Å²) in [6, 6.07) is 3.72. The molecule has 3 heteroatoms. The van der Waals surface area contributed by atoms with Crippen LogP contribution in [0.25, 0.3) is 5.57 Å². The molecule has 0 unspecified atom stereocenters. The van der Waals surface area contributed by atoms with E-state index in [1.165, 1.54) is 0 Å². The molecular weight excluding hydrogens is 264 g/mol. The fraction of sp³-hybridized carbons (Fsp3) is 0.222. The number of benzene rings is 1. The molecule has 1 rings (SSSR count). The average molecular weight is 284 g/mol. The van der Waals surface area contributed by atoms with Crippen LogP contribution in [0.15, 0.2) is 42.5 Å². The highest BCUT2D eigenvalue weighted by Crippen LogP contribution is 2.40. The van der Waals surface area contributed by atoms with Crippen molar-refractivity contribution in [3.8, 4) is 29.6 Å². The van der Waals surface area contributed by atoms with Crippen LogP contribution in [-0.4, -0.2) is 21.3 Å². The van der Waals surface area contributed by atoms with Crippen molar-refractivity contribution in [3.63, 3.8) is 0 Å². The number of hydrogen-bond donors (Lipinski definition) is 0. The van der Waals surface area contributed by atoms with Gasteiger partial charge in [0.05, 0.1) is 21.3 Å². The summed E-state index contributed by atoms with van der Waals surface area (Å²) in [5, 5.41) is 0. The second-order valence-electron chi connectivity index (χ2n) is 4.14. The molecule has 1 aromatic carbocycles. The molecule has 0 N–H and O–H groups in total. The van der Waals surface area contributed by atoms with Crippen LogP contribution in [-0.2, 0) is 0 Å². The summed E-state index contributed by atoms with van der Waals surface area (Å²) < 4.78 is 16.0. The molecule has 110 valence electrons. The van der Waals surface area contributed by atoms with Crippen LogP contribution < -0.4 is 14.2 Å². The SMILES string of the molecule is C#C/C=C\C(=C/C)C(=C)c1cc(OC)c(OC)c(OC)c1. The van der Waals surface area contributed by atoms with Crippen molar-refractivity contribution in [2.45, 2.75) is 6.92 Å². The summed E-state index contributed by atoms with van der Waals surface area (Å²) in [6.45, 7) is 6.05. The summed E-state index contributed by atoms with van der Waals surface area (Å²) in [5.41, 5.74) is 2.63. The van der Waals surface area contributed by atoms with Gasteiger partial charge >= 0.3 is 0 Å². The normalized spacial score (nSPS) is 11.1. The highest BCUT2D eigenvalue weighted by atomic mass is 16.5. The molecule has 0 aliphatic heterocycles. The number of terminal acetylenes is 1. The van der Waals surface area contributed by atoms with Gasteiger partial charge in [0.1, 0.15) is 0 Å². The zero-order valence-corrected chi connectivity index (χ0v) is 12.9. The Morgan fingerprint density at radius 1 is 1.14 bits per heavy atom. The largest absolute Gasteiger partial charge is 0.493 e. The van der Waals surface area contributed by atoms with E-state index in [9.17, 15) is 0 Å². The number of hydrogen-bond acceptors (Lipinski definition) is 3. The van der Waals surface area contributed by atoms with Crippen LogP contribution in [0.2, 0.25) is 0 Å². The van der Waals surface area contributed by atoms with Gasteiger partial charge in [0.25, 0.3) is 0 Å². The first-order valence-electron chi connectivity index (χ1n) is 6.41. The zero-order chi connectivity index (χ0) is 15.8. The third-order valence-corrected chi connectivity index (χ3v) is 3.03. The molecule has 0 spiro atoms. The predicted octanol–water partition coefficient (Wildman–Crippen LogP) is 3.86. The second-order valence-corrected chi connectivity index (χ2v) is 4.14. The Bertz CT molecular complexity index is 591. The van der Waals surface area contributed by atoms with Gasteiger partial charge in [-0.15, -0.1) is 6.42 Å². The van der Waals surface area contributed by atoms with Gasteiger partial charge in [-0.3, -0.25) is 0 Å². The first-order valence-corrected chi connectivity index (χ1v) is 6.41. The van der Waals surface area contributed by atoms with E-state index in [-0.39, 0.29) is 0 Å². The lowest BCUT2D eigenvalue weighted by atomic mass is 9.98. The van der Waals surface area contributed by atoms with Gasteiger partial charge in [0.15, 0.2) is 11.5 Å². The molecule has 1 aromatic rings. The Hall–Kier alpha value is -2.60. The topological polar surface area (TPSA) is 27.7 Å². The van der Waals surface area contributed by atoms with E-state index in [0.717, 1.165) is 16.7 Å². The maximum Gasteiger partial charge on any atom is 0.203 e. The van der Waals surface area contributed by atoms with E-state index < -0.39 is 0 Å². The molecule has 0 amide bonds. The summed E-state index contributed by atoms with van der Waals surface area (Å²) in [6.07, 6.45) is 10.7. The summed E-state index contributed by atoms with van der Waals surface area (Å²) in [5.74, 6) is 4.20. The first-order chi connectivity index (χ1) is 10.1. The summed E-state index contributed by atoms with van der Waals surface area (Å²) in [4.78, 5) is 0. The maximum atomic E-state index is 5.35. The number of methoxy groups -OCH3 is 3. The van der Waals surface area contributed by atoms with Crippen molar-refractivity contribution in [3.05, 3.63) is 48.1 Å². The highest BCUT2D eigenvalue weighted by molar-refractivity contribution is 5.82. The molecule has 0 fully saturated rings. The van der Waals surface area contributed by atoms with Gasteiger partial charge in [-0.25, -0.2) is 0 Å². The molecule has 0 aromatic heterocycles. The lowest BCUT2D eigenvalue weighted by molar-refractivity contribution is 0.324. The lowest BCUT2D eigenvalue weighted by Crippen LogP contribution is -1.97. The van der Waals surface area contributed by atoms with Gasteiger partial charge in [0, 0.05) is 0 Å². The molecule has 0 aliphatic carbocycles. The Labute approximate surface area is 126 Å². The monoisotopic (exact) mass is 284 g/mol. The Kier molecular flexibility index (Phi) is 6.16. The van der Waals surface area contributed by atoms with Crippen LogP contribution in [0, 0.1) is 12.3 Å². The van der Waals surface area contributed by atoms with Crippen molar-refractivity contribution in [1.29, 1.82) is 0 Å². The van der Waals surface area contributed by atoms with Gasteiger partial charge in [-0.1, -0.05) is 18.6 Å². The Morgan fingerprint density at radius 2 is 1.71 bits per heavy atom. The minimum Gasteiger partial charge on any atom is -0.493 e. The number of rotatable bonds is 6. The molecule has 0 atom stereocenters. The van der Waals surface area contributed by atoms with E-state index in [4.69, 9.17) is 20.6 Å². The Balaban J connectivity index is 3.34. The number of ether oxygens (including phenoxy) is 3. The standard InChI is InChI=1S/C18H20O3/c1-7-9-10-14(8-2)13(3)15-11-16(19-4)18(21-6)17(12-15)20-5/h1,8-12H,3H2,2,4-6H3/b10-9-,14-8+. The molecule has 0 saturated carbocycles. The molecule has 0 aliphatic rings. The van der Waals surface area contributed by atoms with Gasteiger partial charge < -0.3 is 14.2 Å². The zero-order valence-electron chi connectivity index (χ0n) is 12.9. The van der Waals surface area contributed by atoms with Gasteiger partial charge in [-0.05, 0) is 47.9 Å². The van der Waals surface area contributed by atoms with Gasteiger partial charge in [0.2, 0.25) is 5.75 Å².